The van der Waals surface area contributed by atoms with Gasteiger partial charge < -0.3 is 10.4 Å². The second kappa shape index (κ2) is 6.56. The first-order valence-electron chi connectivity index (χ1n) is 6.14. The van der Waals surface area contributed by atoms with Gasteiger partial charge in [0.05, 0.1) is 10.8 Å². The normalized spacial score (nSPS) is 22.9. The highest BCUT2D eigenvalue weighted by molar-refractivity contribution is 7.90. The first kappa shape index (κ1) is 16.9. The van der Waals surface area contributed by atoms with Crippen molar-refractivity contribution in [3.05, 3.63) is 29.8 Å². The Morgan fingerprint density at radius 2 is 1.90 bits per heavy atom. The van der Waals surface area contributed by atoms with E-state index in [2.05, 4.69) is 5.32 Å². The monoisotopic (exact) mass is 319 g/mol. The number of hydrogen-bond acceptors (Lipinski definition) is 4. The predicted molar refractivity (Wildman–Crippen MR) is 77.9 cm³/mol. The molecule has 0 radical (unpaired) electrons. The van der Waals surface area contributed by atoms with Crippen LogP contribution in [0.15, 0.2) is 29.2 Å². The number of benzene rings is 1. The molecule has 1 heterocycles. The summed E-state index contributed by atoms with van der Waals surface area (Å²) in [4.78, 5) is 11.3. The third-order valence-corrected chi connectivity index (χ3v) is 4.59. The van der Waals surface area contributed by atoms with Crippen molar-refractivity contribution in [3.63, 3.8) is 0 Å². The fourth-order valence-electron chi connectivity index (χ4n) is 2.34. The van der Waals surface area contributed by atoms with E-state index in [1.54, 1.807) is 24.3 Å². The molecular weight excluding hydrogens is 302 g/mol. The molecule has 1 aliphatic heterocycles. The first-order valence-corrected chi connectivity index (χ1v) is 8.03. The topological polar surface area (TPSA) is 83.5 Å². The molecule has 7 heteroatoms. The molecular formula is C13H18ClNO4S. The zero-order valence-corrected chi connectivity index (χ0v) is 12.7. The molecule has 0 aliphatic carbocycles. The Bertz CT molecular complexity index is 571. The van der Waals surface area contributed by atoms with E-state index in [-0.39, 0.29) is 29.3 Å². The molecule has 0 amide bonds. The number of nitrogens with one attached hydrogen (secondary N) is 1. The molecule has 2 rings (SSSR count). The van der Waals surface area contributed by atoms with Gasteiger partial charge in [-0.05, 0) is 37.1 Å². The third kappa shape index (κ3) is 3.94. The van der Waals surface area contributed by atoms with Crippen LogP contribution in [0.2, 0.25) is 0 Å². The standard InChI is InChI=1S/C13H17NO4S.ClH/c1-19(17,18)11-4-2-9(3-5-11)12-8-10(13(15)16)6-7-14-12;/h2-5,10,12,14H,6-8H2,1H3,(H,15,16);1H. The lowest BCUT2D eigenvalue weighted by molar-refractivity contribution is -0.143. The Balaban J connectivity index is 0.00000200. The number of sulfone groups is 1. The minimum Gasteiger partial charge on any atom is -0.481 e. The van der Waals surface area contributed by atoms with Crippen molar-refractivity contribution >= 4 is 28.2 Å². The van der Waals surface area contributed by atoms with Crippen LogP contribution in [0.1, 0.15) is 24.4 Å². The summed E-state index contributed by atoms with van der Waals surface area (Å²) >= 11 is 0. The summed E-state index contributed by atoms with van der Waals surface area (Å²) in [7, 11) is -3.19. The molecule has 1 aliphatic rings. The van der Waals surface area contributed by atoms with E-state index in [4.69, 9.17) is 5.11 Å². The Morgan fingerprint density at radius 3 is 2.40 bits per heavy atom. The van der Waals surface area contributed by atoms with Crippen molar-refractivity contribution in [2.24, 2.45) is 5.92 Å². The van der Waals surface area contributed by atoms with Crippen LogP contribution in [-0.2, 0) is 14.6 Å². The molecule has 0 bridgehead atoms. The Hall–Kier alpha value is -1.11. The summed E-state index contributed by atoms with van der Waals surface area (Å²) in [6, 6.07) is 6.60. The highest BCUT2D eigenvalue weighted by Crippen LogP contribution is 2.28. The molecule has 1 aromatic rings. The van der Waals surface area contributed by atoms with Gasteiger partial charge in [0.1, 0.15) is 0 Å². The molecule has 0 aromatic heterocycles. The average molecular weight is 320 g/mol. The molecule has 112 valence electrons. The Labute approximate surface area is 124 Å². The van der Waals surface area contributed by atoms with Gasteiger partial charge in [-0.15, -0.1) is 12.4 Å². The zero-order chi connectivity index (χ0) is 14.0. The van der Waals surface area contributed by atoms with Gasteiger partial charge in [-0.25, -0.2) is 8.42 Å². The van der Waals surface area contributed by atoms with Crippen LogP contribution in [0.4, 0.5) is 0 Å². The van der Waals surface area contributed by atoms with Gasteiger partial charge in [0, 0.05) is 12.3 Å². The van der Waals surface area contributed by atoms with E-state index in [9.17, 15) is 13.2 Å². The number of carboxylic acid groups (broad SMARTS) is 1. The largest absolute Gasteiger partial charge is 0.481 e. The van der Waals surface area contributed by atoms with Gasteiger partial charge >= 0.3 is 5.97 Å². The quantitative estimate of drug-likeness (QED) is 0.885. The number of hydrogen-bond donors (Lipinski definition) is 2. The van der Waals surface area contributed by atoms with E-state index < -0.39 is 15.8 Å². The minimum absolute atomic E-state index is 0. The van der Waals surface area contributed by atoms with Gasteiger partial charge in [-0.3, -0.25) is 4.79 Å². The third-order valence-electron chi connectivity index (χ3n) is 3.46. The number of halogens is 1. The van der Waals surface area contributed by atoms with Crippen molar-refractivity contribution in [2.75, 3.05) is 12.8 Å². The molecule has 0 saturated carbocycles. The molecule has 5 nitrogen and oxygen atoms in total. The molecule has 2 N–H and O–H groups in total. The fraction of sp³-hybridized carbons (Fsp3) is 0.462. The Kier molecular flexibility index (Phi) is 5.56. The van der Waals surface area contributed by atoms with Crippen molar-refractivity contribution in [1.29, 1.82) is 0 Å². The second-order valence-electron chi connectivity index (χ2n) is 4.91. The van der Waals surface area contributed by atoms with E-state index in [0.29, 0.717) is 19.4 Å². The summed E-state index contributed by atoms with van der Waals surface area (Å²) in [6.45, 7) is 0.662. The van der Waals surface area contributed by atoms with Crippen LogP contribution in [0.5, 0.6) is 0 Å². The van der Waals surface area contributed by atoms with Crippen molar-refractivity contribution in [2.45, 2.75) is 23.8 Å². The molecule has 2 unspecified atom stereocenters. The van der Waals surface area contributed by atoms with Gasteiger partial charge in [-0.1, -0.05) is 12.1 Å². The van der Waals surface area contributed by atoms with Gasteiger partial charge in [-0.2, -0.15) is 0 Å². The molecule has 0 spiro atoms. The SMILES string of the molecule is CS(=O)(=O)c1ccc(C2CC(C(=O)O)CCN2)cc1.Cl. The van der Waals surface area contributed by atoms with Crippen LogP contribution in [0.25, 0.3) is 0 Å². The lowest BCUT2D eigenvalue weighted by Crippen LogP contribution is -2.34. The molecule has 2 atom stereocenters. The number of rotatable bonds is 3. The van der Waals surface area contributed by atoms with E-state index in [1.165, 1.54) is 6.26 Å². The fourth-order valence-corrected chi connectivity index (χ4v) is 2.97. The smallest absolute Gasteiger partial charge is 0.306 e. The molecule has 1 aromatic carbocycles. The first-order chi connectivity index (χ1) is 8.88. The average Bonchev–Trinajstić information content (AvgIpc) is 2.38. The summed E-state index contributed by atoms with van der Waals surface area (Å²) < 4.78 is 22.7. The highest BCUT2D eigenvalue weighted by atomic mass is 35.5. The molecule has 20 heavy (non-hydrogen) atoms. The van der Waals surface area contributed by atoms with Crippen LogP contribution in [0.3, 0.4) is 0 Å². The number of aliphatic carboxylic acids is 1. The summed E-state index contributed by atoms with van der Waals surface area (Å²) in [5.74, 6) is -1.10. The van der Waals surface area contributed by atoms with Gasteiger partial charge in [0.25, 0.3) is 0 Å². The number of piperidine rings is 1. The highest BCUT2D eigenvalue weighted by Gasteiger charge is 2.27. The van der Waals surface area contributed by atoms with Gasteiger partial charge in [0.15, 0.2) is 9.84 Å². The molecule has 1 saturated heterocycles. The van der Waals surface area contributed by atoms with Gasteiger partial charge in [0.2, 0.25) is 0 Å². The van der Waals surface area contributed by atoms with Crippen LogP contribution in [-0.4, -0.2) is 32.3 Å². The van der Waals surface area contributed by atoms with E-state index in [0.717, 1.165) is 5.56 Å². The van der Waals surface area contributed by atoms with E-state index >= 15 is 0 Å². The van der Waals surface area contributed by atoms with Crippen molar-refractivity contribution in [1.82, 2.24) is 5.32 Å². The van der Waals surface area contributed by atoms with Crippen LogP contribution < -0.4 is 5.32 Å². The maximum Gasteiger partial charge on any atom is 0.306 e. The van der Waals surface area contributed by atoms with Crippen LogP contribution in [0, 0.1) is 5.92 Å². The van der Waals surface area contributed by atoms with Crippen LogP contribution >= 0.6 is 12.4 Å². The Morgan fingerprint density at radius 1 is 1.30 bits per heavy atom. The lowest BCUT2D eigenvalue weighted by Gasteiger charge is -2.28. The molecule has 1 fully saturated rings. The zero-order valence-electron chi connectivity index (χ0n) is 11.1. The van der Waals surface area contributed by atoms with Crippen molar-refractivity contribution < 1.29 is 18.3 Å². The maximum absolute atomic E-state index is 11.4. The second-order valence-corrected chi connectivity index (χ2v) is 6.92. The number of carbonyl (C=O) groups is 1. The summed E-state index contributed by atoms with van der Waals surface area (Å²) in [5, 5.41) is 12.3. The summed E-state index contributed by atoms with van der Waals surface area (Å²) in [5.41, 5.74) is 0.929. The predicted octanol–water partition coefficient (Wildman–Crippen LogP) is 1.64. The lowest BCUT2D eigenvalue weighted by atomic mass is 9.89. The minimum atomic E-state index is -3.19. The maximum atomic E-state index is 11.4. The summed E-state index contributed by atoms with van der Waals surface area (Å²) in [6.07, 6.45) is 2.34. The number of carboxylic acids is 1. The van der Waals surface area contributed by atoms with E-state index in [1.807, 2.05) is 0 Å². The van der Waals surface area contributed by atoms with Crippen molar-refractivity contribution in [3.8, 4) is 0 Å².